The first kappa shape index (κ1) is 13.3. The lowest BCUT2D eigenvalue weighted by molar-refractivity contribution is 0.635. The van der Waals surface area contributed by atoms with Crippen LogP contribution in [0.5, 0.6) is 0 Å². The van der Waals surface area contributed by atoms with E-state index in [-0.39, 0.29) is 11.7 Å². The molecule has 2 aromatic rings. The number of fused-ring (bicyclic) bond motifs is 1. The first-order chi connectivity index (χ1) is 8.52. The van der Waals surface area contributed by atoms with Gasteiger partial charge in [0.1, 0.15) is 5.52 Å². The number of halogens is 2. The first-order valence-electron chi connectivity index (χ1n) is 6.06. The fraction of sp³-hybridized carbons (Fsp3) is 0.357. The Kier molecular flexibility index (Phi) is 3.85. The molecule has 1 aromatic carbocycles. The number of benzene rings is 1. The van der Waals surface area contributed by atoms with Crippen LogP contribution in [0.25, 0.3) is 10.9 Å². The average Bonchev–Trinajstić information content (AvgIpc) is 2.29. The number of rotatable bonds is 3. The summed E-state index contributed by atoms with van der Waals surface area (Å²) in [7, 11) is 0. The summed E-state index contributed by atoms with van der Waals surface area (Å²) in [6.07, 6.45) is 0. The highest BCUT2D eigenvalue weighted by Crippen LogP contribution is 2.30. The Morgan fingerprint density at radius 2 is 2.06 bits per heavy atom. The second kappa shape index (κ2) is 5.22. The van der Waals surface area contributed by atoms with Gasteiger partial charge in [-0.2, -0.15) is 0 Å². The Hall–Kier alpha value is -1.16. The smallest absolute Gasteiger partial charge is 0.150 e. The molecular formula is C14H16BrFN2. The van der Waals surface area contributed by atoms with Crippen LogP contribution < -0.4 is 5.32 Å². The van der Waals surface area contributed by atoms with Crippen LogP contribution in [0.15, 0.2) is 22.7 Å². The molecular weight excluding hydrogens is 295 g/mol. The number of nitrogens with zero attached hydrogens (tertiary/aromatic N) is 1. The maximum absolute atomic E-state index is 14.0. The third-order valence-corrected chi connectivity index (χ3v) is 3.27. The van der Waals surface area contributed by atoms with E-state index < -0.39 is 0 Å². The van der Waals surface area contributed by atoms with Gasteiger partial charge in [-0.1, -0.05) is 29.8 Å². The fourth-order valence-electron chi connectivity index (χ4n) is 1.90. The van der Waals surface area contributed by atoms with Crippen molar-refractivity contribution >= 4 is 32.5 Å². The summed E-state index contributed by atoms with van der Waals surface area (Å²) < 4.78 is 14.7. The van der Waals surface area contributed by atoms with Crippen molar-refractivity contribution in [2.45, 2.75) is 26.7 Å². The molecule has 0 aliphatic heterocycles. The van der Waals surface area contributed by atoms with Gasteiger partial charge in [0.2, 0.25) is 0 Å². The zero-order valence-corrected chi connectivity index (χ0v) is 12.3. The molecule has 96 valence electrons. The number of hydrogen-bond donors (Lipinski definition) is 1. The van der Waals surface area contributed by atoms with E-state index in [1.165, 1.54) is 6.07 Å². The van der Waals surface area contributed by atoms with Gasteiger partial charge < -0.3 is 5.32 Å². The summed E-state index contributed by atoms with van der Waals surface area (Å²) in [5, 5.41) is 4.09. The normalized spacial score (nSPS) is 11.2. The largest absolute Gasteiger partial charge is 0.385 e. The van der Waals surface area contributed by atoms with Crippen LogP contribution in [0.2, 0.25) is 0 Å². The molecule has 1 heterocycles. The van der Waals surface area contributed by atoms with Crippen LogP contribution in [0.1, 0.15) is 32.4 Å². The minimum atomic E-state index is -0.291. The summed E-state index contributed by atoms with van der Waals surface area (Å²) >= 11 is 3.32. The van der Waals surface area contributed by atoms with Crippen molar-refractivity contribution < 1.29 is 4.39 Å². The van der Waals surface area contributed by atoms with E-state index in [0.717, 1.165) is 27.8 Å². The van der Waals surface area contributed by atoms with Crippen molar-refractivity contribution in [3.63, 3.8) is 0 Å². The topological polar surface area (TPSA) is 24.9 Å². The number of aromatic nitrogens is 1. The summed E-state index contributed by atoms with van der Waals surface area (Å²) in [5.41, 5.74) is 2.27. The Labute approximate surface area is 115 Å². The molecule has 0 aliphatic rings. The van der Waals surface area contributed by atoms with Gasteiger partial charge >= 0.3 is 0 Å². The van der Waals surface area contributed by atoms with Crippen molar-refractivity contribution in [2.75, 3.05) is 11.9 Å². The summed E-state index contributed by atoms with van der Waals surface area (Å²) in [6.45, 7) is 6.93. The van der Waals surface area contributed by atoms with Gasteiger partial charge in [0.05, 0.1) is 0 Å². The third kappa shape index (κ3) is 2.48. The zero-order valence-electron chi connectivity index (χ0n) is 10.7. The van der Waals surface area contributed by atoms with E-state index >= 15 is 0 Å². The Morgan fingerprint density at radius 1 is 1.33 bits per heavy atom. The summed E-state index contributed by atoms with van der Waals surface area (Å²) in [6, 6.07) is 5.35. The minimum absolute atomic E-state index is 0.273. The molecule has 0 atom stereocenters. The van der Waals surface area contributed by atoms with Gasteiger partial charge in [0, 0.05) is 27.8 Å². The molecule has 0 aliphatic carbocycles. The molecule has 0 bridgehead atoms. The van der Waals surface area contributed by atoms with Crippen LogP contribution in [-0.4, -0.2) is 11.5 Å². The van der Waals surface area contributed by atoms with E-state index in [9.17, 15) is 4.39 Å². The van der Waals surface area contributed by atoms with Crippen molar-refractivity contribution in [1.29, 1.82) is 0 Å². The first-order valence-corrected chi connectivity index (χ1v) is 6.85. The molecule has 0 amide bonds. The van der Waals surface area contributed by atoms with Crippen LogP contribution in [0.3, 0.4) is 0 Å². The van der Waals surface area contributed by atoms with Crippen LogP contribution in [0, 0.1) is 5.82 Å². The van der Waals surface area contributed by atoms with Crippen molar-refractivity contribution in [2.24, 2.45) is 0 Å². The highest BCUT2D eigenvalue weighted by atomic mass is 79.9. The third-order valence-electron chi connectivity index (χ3n) is 2.81. The number of anilines is 1. The SMILES string of the molecule is CCNc1cc(C(C)C)nc2c(F)cc(Br)cc12. The molecule has 1 aromatic heterocycles. The molecule has 0 saturated heterocycles. The molecule has 18 heavy (non-hydrogen) atoms. The van der Waals surface area contributed by atoms with E-state index in [1.807, 2.05) is 19.1 Å². The maximum atomic E-state index is 14.0. The average molecular weight is 311 g/mol. The lowest BCUT2D eigenvalue weighted by Crippen LogP contribution is -2.02. The molecule has 1 N–H and O–H groups in total. The van der Waals surface area contributed by atoms with Gasteiger partial charge in [-0.05, 0) is 31.0 Å². The molecule has 0 saturated carbocycles. The van der Waals surface area contributed by atoms with E-state index in [1.54, 1.807) is 0 Å². The quantitative estimate of drug-likeness (QED) is 0.889. The van der Waals surface area contributed by atoms with Crippen LogP contribution in [0.4, 0.5) is 10.1 Å². The number of hydrogen-bond acceptors (Lipinski definition) is 2. The second-order valence-corrected chi connectivity index (χ2v) is 5.48. The predicted molar refractivity (Wildman–Crippen MR) is 77.7 cm³/mol. The van der Waals surface area contributed by atoms with Gasteiger partial charge in [0.15, 0.2) is 5.82 Å². The molecule has 2 rings (SSSR count). The van der Waals surface area contributed by atoms with Gasteiger partial charge in [-0.25, -0.2) is 9.37 Å². The monoisotopic (exact) mass is 310 g/mol. The van der Waals surface area contributed by atoms with Crippen molar-refractivity contribution in [1.82, 2.24) is 4.98 Å². The summed E-state index contributed by atoms with van der Waals surface area (Å²) in [5.74, 6) is -0.0177. The second-order valence-electron chi connectivity index (χ2n) is 4.56. The van der Waals surface area contributed by atoms with Crippen LogP contribution in [-0.2, 0) is 0 Å². The Balaban J connectivity index is 2.76. The molecule has 0 unspecified atom stereocenters. The number of pyridine rings is 1. The molecule has 0 spiro atoms. The van der Waals surface area contributed by atoms with Gasteiger partial charge in [0.25, 0.3) is 0 Å². The minimum Gasteiger partial charge on any atom is -0.385 e. The standard InChI is InChI=1S/C14H16BrFN2/c1-4-17-13-7-12(8(2)3)18-14-10(13)5-9(15)6-11(14)16/h5-8H,4H2,1-3H3,(H,17,18). The fourth-order valence-corrected chi connectivity index (χ4v) is 2.33. The maximum Gasteiger partial charge on any atom is 0.150 e. The highest BCUT2D eigenvalue weighted by Gasteiger charge is 2.12. The Bertz CT molecular complexity index is 582. The van der Waals surface area contributed by atoms with Crippen molar-refractivity contribution in [3.05, 3.63) is 34.2 Å². The molecule has 2 nitrogen and oxygen atoms in total. The van der Waals surface area contributed by atoms with Gasteiger partial charge in [-0.3, -0.25) is 0 Å². The van der Waals surface area contributed by atoms with Crippen molar-refractivity contribution in [3.8, 4) is 0 Å². The molecule has 4 heteroatoms. The van der Waals surface area contributed by atoms with E-state index in [4.69, 9.17) is 0 Å². The summed E-state index contributed by atoms with van der Waals surface area (Å²) in [4.78, 5) is 4.42. The number of nitrogens with one attached hydrogen (secondary N) is 1. The van der Waals surface area contributed by atoms with E-state index in [0.29, 0.717) is 5.52 Å². The predicted octanol–water partition coefficient (Wildman–Crippen LogP) is 4.69. The lowest BCUT2D eigenvalue weighted by atomic mass is 10.1. The van der Waals surface area contributed by atoms with Crippen LogP contribution >= 0.6 is 15.9 Å². The lowest BCUT2D eigenvalue weighted by Gasteiger charge is -2.13. The molecule has 0 radical (unpaired) electrons. The highest BCUT2D eigenvalue weighted by molar-refractivity contribution is 9.10. The Morgan fingerprint density at radius 3 is 2.67 bits per heavy atom. The van der Waals surface area contributed by atoms with E-state index in [2.05, 4.69) is 40.1 Å². The molecule has 0 fully saturated rings. The zero-order chi connectivity index (χ0) is 13.3. The van der Waals surface area contributed by atoms with Gasteiger partial charge in [-0.15, -0.1) is 0 Å².